The Kier molecular flexibility index (Phi) is 3.72. The van der Waals surface area contributed by atoms with E-state index < -0.39 is 0 Å². The van der Waals surface area contributed by atoms with Gasteiger partial charge in [-0.15, -0.1) is 0 Å². The lowest BCUT2D eigenvalue weighted by molar-refractivity contribution is 0.590. The zero-order valence-electron chi connectivity index (χ0n) is 11.3. The first-order chi connectivity index (χ1) is 8.07. The normalized spacial score (nSPS) is 17.9. The van der Waals surface area contributed by atoms with Gasteiger partial charge in [0.2, 0.25) is 0 Å². The molecule has 0 spiro atoms. The highest BCUT2D eigenvalue weighted by Gasteiger charge is 2.14. The lowest BCUT2D eigenvalue weighted by Gasteiger charge is -2.24. The quantitative estimate of drug-likeness (QED) is 0.801. The Morgan fingerprint density at radius 3 is 2.35 bits per heavy atom. The van der Waals surface area contributed by atoms with Crippen LogP contribution in [0, 0.1) is 0 Å². The maximum atomic E-state index is 3.44. The third-order valence-corrected chi connectivity index (χ3v) is 3.44. The summed E-state index contributed by atoms with van der Waals surface area (Å²) >= 11 is 0. The molecule has 1 aliphatic heterocycles. The lowest BCUT2D eigenvalue weighted by Crippen LogP contribution is -2.27. The second kappa shape index (κ2) is 5.09. The molecule has 0 aliphatic carbocycles. The van der Waals surface area contributed by atoms with E-state index in [1.807, 2.05) is 0 Å². The van der Waals surface area contributed by atoms with Gasteiger partial charge in [-0.25, -0.2) is 0 Å². The van der Waals surface area contributed by atoms with E-state index in [1.165, 1.54) is 24.2 Å². The van der Waals surface area contributed by atoms with Gasteiger partial charge in [-0.3, -0.25) is 0 Å². The number of anilines is 1. The van der Waals surface area contributed by atoms with Crippen LogP contribution < -0.4 is 10.2 Å². The first-order valence-electron chi connectivity index (χ1n) is 6.63. The predicted molar refractivity (Wildman–Crippen MR) is 74.8 cm³/mol. The minimum Gasteiger partial charge on any atom is -0.370 e. The zero-order valence-corrected chi connectivity index (χ0v) is 11.3. The summed E-state index contributed by atoms with van der Waals surface area (Å²) in [7, 11) is 0. The standard InChI is InChI=1S/C15H24N2/c1-15(2,3)13-5-7-14(8-6-13)17-11-4-9-16-10-12-17/h5-8,16H,4,9-12H2,1-3H3. The van der Waals surface area contributed by atoms with Crippen molar-refractivity contribution in [2.45, 2.75) is 32.6 Å². The summed E-state index contributed by atoms with van der Waals surface area (Å²) in [6.45, 7) is 11.3. The summed E-state index contributed by atoms with van der Waals surface area (Å²) in [6, 6.07) is 9.08. The third kappa shape index (κ3) is 3.22. The molecule has 1 N–H and O–H groups in total. The molecule has 0 atom stereocenters. The van der Waals surface area contributed by atoms with Gasteiger partial charge in [0.05, 0.1) is 0 Å². The van der Waals surface area contributed by atoms with Gasteiger partial charge >= 0.3 is 0 Å². The summed E-state index contributed by atoms with van der Waals surface area (Å²) in [6.07, 6.45) is 1.24. The largest absolute Gasteiger partial charge is 0.370 e. The second-order valence-corrected chi connectivity index (χ2v) is 5.89. The molecule has 1 heterocycles. The van der Waals surface area contributed by atoms with Crippen molar-refractivity contribution < 1.29 is 0 Å². The van der Waals surface area contributed by atoms with Gasteiger partial charge in [-0.1, -0.05) is 32.9 Å². The van der Waals surface area contributed by atoms with Crippen LogP contribution in [0.5, 0.6) is 0 Å². The number of hydrogen-bond acceptors (Lipinski definition) is 2. The van der Waals surface area contributed by atoms with Crippen molar-refractivity contribution in [3.8, 4) is 0 Å². The fourth-order valence-electron chi connectivity index (χ4n) is 2.28. The van der Waals surface area contributed by atoms with E-state index in [4.69, 9.17) is 0 Å². The first kappa shape index (κ1) is 12.4. The van der Waals surface area contributed by atoms with Crippen molar-refractivity contribution in [1.82, 2.24) is 5.32 Å². The Morgan fingerprint density at radius 1 is 1.00 bits per heavy atom. The van der Waals surface area contributed by atoms with E-state index in [2.05, 4.69) is 55.3 Å². The van der Waals surface area contributed by atoms with Gasteiger partial charge in [0.1, 0.15) is 0 Å². The van der Waals surface area contributed by atoms with Crippen LogP contribution >= 0.6 is 0 Å². The van der Waals surface area contributed by atoms with E-state index in [0.717, 1.165) is 19.6 Å². The molecule has 0 aromatic heterocycles. The van der Waals surface area contributed by atoms with Crippen LogP contribution in [0.3, 0.4) is 0 Å². The number of nitrogens with zero attached hydrogens (tertiary/aromatic N) is 1. The summed E-state index contributed by atoms with van der Waals surface area (Å²) in [5, 5.41) is 3.44. The van der Waals surface area contributed by atoms with Crippen LogP contribution in [0.25, 0.3) is 0 Å². The highest BCUT2D eigenvalue weighted by Crippen LogP contribution is 2.25. The van der Waals surface area contributed by atoms with Gasteiger partial charge in [0.25, 0.3) is 0 Å². The molecule has 1 saturated heterocycles. The van der Waals surface area contributed by atoms with Gasteiger partial charge in [-0.05, 0) is 36.1 Å². The fourth-order valence-corrected chi connectivity index (χ4v) is 2.28. The first-order valence-corrected chi connectivity index (χ1v) is 6.63. The van der Waals surface area contributed by atoms with Gasteiger partial charge in [0.15, 0.2) is 0 Å². The van der Waals surface area contributed by atoms with Crippen molar-refractivity contribution in [1.29, 1.82) is 0 Å². The van der Waals surface area contributed by atoms with E-state index in [-0.39, 0.29) is 5.41 Å². The molecule has 1 aromatic rings. The number of rotatable bonds is 1. The van der Waals surface area contributed by atoms with Crippen LogP contribution in [0.15, 0.2) is 24.3 Å². The fraction of sp³-hybridized carbons (Fsp3) is 0.600. The molecule has 2 nitrogen and oxygen atoms in total. The average molecular weight is 232 g/mol. The molecule has 1 aromatic carbocycles. The molecule has 2 heteroatoms. The topological polar surface area (TPSA) is 15.3 Å². The van der Waals surface area contributed by atoms with Crippen LogP contribution in [0.4, 0.5) is 5.69 Å². The molecule has 1 aliphatic rings. The zero-order chi connectivity index (χ0) is 12.3. The molecule has 2 rings (SSSR count). The molecule has 0 saturated carbocycles. The van der Waals surface area contributed by atoms with Gasteiger partial charge in [0, 0.05) is 25.3 Å². The molecule has 94 valence electrons. The molecule has 0 unspecified atom stereocenters. The van der Waals surface area contributed by atoms with E-state index in [9.17, 15) is 0 Å². The molecule has 0 amide bonds. The van der Waals surface area contributed by atoms with Crippen LogP contribution in [-0.4, -0.2) is 26.2 Å². The van der Waals surface area contributed by atoms with Gasteiger partial charge < -0.3 is 10.2 Å². The maximum absolute atomic E-state index is 3.44. The smallest absolute Gasteiger partial charge is 0.0366 e. The maximum Gasteiger partial charge on any atom is 0.0366 e. The van der Waals surface area contributed by atoms with Crippen molar-refractivity contribution in [2.75, 3.05) is 31.1 Å². The highest BCUT2D eigenvalue weighted by atomic mass is 15.2. The Hall–Kier alpha value is -1.02. The van der Waals surface area contributed by atoms with Crippen molar-refractivity contribution in [2.24, 2.45) is 0 Å². The van der Waals surface area contributed by atoms with Gasteiger partial charge in [-0.2, -0.15) is 0 Å². The van der Waals surface area contributed by atoms with E-state index in [0.29, 0.717) is 0 Å². The van der Waals surface area contributed by atoms with Crippen molar-refractivity contribution in [3.63, 3.8) is 0 Å². The van der Waals surface area contributed by atoms with Crippen molar-refractivity contribution >= 4 is 5.69 Å². The number of hydrogen-bond donors (Lipinski definition) is 1. The molecule has 1 fully saturated rings. The second-order valence-electron chi connectivity index (χ2n) is 5.89. The summed E-state index contributed by atoms with van der Waals surface area (Å²) in [5.41, 5.74) is 3.02. The monoisotopic (exact) mass is 232 g/mol. The average Bonchev–Trinajstić information content (AvgIpc) is 2.56. The summed E-state index contributed by atoms with van der Waals surface area (Å²) < 4.78 is 0. The molecule has 17 heavy (non-hydrogen) atoms. The van der Waals surface area contributed by atoms with Crippen LogP contribution in [0.2, 0.25) is 0 Å². The predicted octanol–water partition coefficient (Wildman–Crippen LogP) is 2.78. The Morgan fingerprint density at radius 2 is 1.71 bits per heavy atom. The third-order valence-electron chi connectivity index (χ3n) is 3.44. The van der Waals surface area contributed by atoms with Crippen LogP contribution in [-0.2, 0) is 5.41 Å². The van der Waals surface area contributed by atoms with E-state index >= 15 is 0 Å². The minimum atomic E-state index is 0.249. The Balaban J connectivity index is 2.11. The number of benzene rings is 1. The lowest BCUT2D eigenvalue weighted by atomic mass is 9.87. The number of nitrogens with one attached hydrogen (secondary N) is 1. The molecule has 0 bridgehead atoms. The Labute approximate surface area is 105 Å². The minimum absolute atomic E-state index is 0.249. The van der Waals surface area contributed by atoms with E-state index in [1.54, 1.807) is 0 Å². The summed E-state index contributed by atoms with van der Waals surface area (Å²) in [5.74, 6) is 0. The Bertz CT molecular complexity index is 340. The highest BCUT2D eigenvalue weighted by molar-refractivity contribution is 5.48. The summed E-state index contributed by atoms with van der Waals surface area (Å²) in [4.78, 5) is 2.48. The SMILES string of the molecule is CC(C)(C)c1ccc(N2CCCNCC2)cc1. The molecular formula is C15H24N2. The molecular weight excluding hydrogens is 208 g/mol. The molecule has 0 radical (unpaired) electrons. The van der Waals surface area contributed by atoms with Crippen LogP contribution in [0.1, 0.15) is 32.8 Å². The van der Waals surface area contributed by atoms with Crippen molar-refractivity contribution in [3.05, 3.63) is 29.8 Å².